The number of aliphatic hydroxyl groups is 1. The molecule has 1 rings (SSSR count). The summed E-state index contributed by atoms with van der Waals surface area (Å²) in [5.41, 5.74) is 6.78. The number of aliphatic hydroxyl groups excluding tert-OH is 1. The van der Waals surface area contributed by atoms with Crippen LogP contribution in [0.15, 0.2) is 24.3 Å². The van der Waals surface area contributed by atoms with Crippen molar-refractivity contribution in [2.45, 2.75) is 6.42 Å². The Morgan fingerprint density at radius 2 is 2.24 bits per heavy atom. The van der Waals surface area contributed by atoms with Crippen molar-refractivity contribution in [3.05, 3.63) is 29.8 Å². The highest BCUT2D eigenvalue weighted by atomic mass is 32.2. The molecule has 0 aliphatic heterocycles. The average Bonchev–Trinajstić information content (AvgIpc) is 2.33. The van der Waals surface area contributed by atoms with Crippen LogP contribution in [0, 0.1) is 0 Å². The van der Waals surface area contributed by atoms with Gasteiger partial charge >= 0.3 is 0 Å². The number of rotatable bonds is 7. The normalized spacial score (nSPS) is 10.2. The van der Waals surface area contributed by atoms with Gasteiger partial charge in [0.05, 0.1) is 6.61 Å². The van der Waals surface area contributed by atoms with Crippen LogP contribution in [0.2, 0.25) is 0 Å². The van der Waals surface area contributed by atoms with Crippen LogP contribution in [-0.4, -0.2) is 35.7 Å². The summed E-state index contributed by atoms with van der Waals surface area (Å²) in [5.74, 6) is 1.60. The molecular formula is C12H18N2O2S. The van der Waals surface area contributed by atoms with Crippen LogP contribution >= 0.6 is 11.8 Å². The summed E-state index contributed by atoms with van der Waals surface area (Å²) in [6.07, 6.45) is 0.902. The van der Waals surface area contributed by atoms with Gasteiger partial charge in [-0.05, 0) is 30.4 Å². The van der Waals surface area contributed by atoms with Crippen molar-refractivity contribution in [2.24, 2.45) is 0 Å². The quantitative estimate of drug-likeness (QED) is 0.503. The fraction of sp³-hybridized carbons (Fsp3) is 0.417. The molecule has 5 heteroatoms. The number of carbonyl (C=O) groups excluding carboxylic acids is 1. The fourth-order valence-electron chi connectivity index (χ4n) is 1.32. The molecule has 0 aliphatic rings. The number of benzene rings is 1. The Morgan fingerprint density at radius 3 is 2.94 bits per heavy atom. The number of anilines is 1. The first kappa shape index (κ1) is 13.9. The average molecular weight is 254 g/mol. The maximum absolute atomic E-state index is 11.7. The van der Waals surface area contributed by atoms with Crippen molar-refractivity contribution < 1.29 is 9.90 Å². The molecule has 17 heavy (non-hydrogen) atoms. The topological polar surface area (TPSA) is 75.4 Å². The van der Waals surface area contributed by atoms with Gasteiger partial charge in [-0.2, -0.15) is 11.8 Å². The molecule has 1 aromatic rings. The number of hydrogen-bond donors (Lipinski definition) is 3. The Hall–Kier alpha value is -1.20. The zero-order valence-corrected chi connectivity index (χ0v) is 10.5. The number of amides is 1. The third kappa shape index (κ3) is 5.60. The van der Waals surface area contributed by atoms with Crippen LogP contribution < -0.4 is 11.1 Å². The molecule has 4 nitrogen and oxygen atoms in total. The molecule has 1 aromatic carbocycles. The second-order valence-electron chi connectivity index (χ2n) is 3.57. The molecule has 0 saturated carbocycles. The van der Waals surface area contributed by atoms with Gasteiger partial charge in [0.2, 0.25) is 0 Å². The van der Waals surface area contributed by atoms with Crippen molar-refractivity contribution >= 4 is 23.4 Å². The van der Waals surface area contributed by atoms with E-state index in [0.29, 0.717) is 17.8 Å². The molecule has 0 fully saturated rings. The lowest BCUT2D eigenvalue weighted by Gasteiger charge is -2.05. The molecule has 1 amide bonds. The van der Waals surface area contributed by atoms with Crippen molar-refractivity contribution in [1.82, 2.24) is 5.32 Å². The molecule has 0 spiro atoms. The van der Waals surface area contributed by atoms with Crippen molar-refractivity contribution in [3.8, 4) is 0 Å². The largest absolute Gasteiger partial charge is 0.399 e. The molecule has 0 aromatic heterocycles. The molecular weight excluding hydrogens is 236 g/mol. The molecule has 0 radical (unpaired) electrons. The minimum atomic E-state index is -0.0931. The zero-order valence-electron chi connectivity index (χ0n) is 9.69. The monoisotopic (exact) mass is 254 g/mol. The highest BCUT2D eigenvalue weighted by molar-refractivity contribution is 7.99. The number of nitrogen functional groups attached to an aromatic ring is 1. The lowest BCUT2D eigenvalue weighted by Crippen LogP contribution is -2.24. The van der Waals surface area contributed by atoms with E-state index in [2.05, 4.69) is 5.32 Å². The first-order valence-electron chi connectivity index (χ1n) is 5.56. The summed E-state index contributed by atoms with van der Waals surface area (Å²) < 4.78 is 0. The van der Waals surface area contributed by atoms with E-state index in [-0.39, 0.29) is 12.5 Å². The Kier molecular flexibility index (Phi) is 6.50. The van der Waals surface area contributed by atoms with Crippen LogP contribution in [0.25, 0.3) is 0 Å². The van der Waals surface area contributed by atoms with Crippen molar-refractivity contribution in [1.29, 1.82) is 0 Å². The van der Waals surface area contributed by atoms with E-state index in [1.165, 1.54) is 0 Å². The first-order valence-corrected chi connectivity index (χ1v) is 6.72. The van der Waals surface area contributed by atoms with E-state index in [4.69, 9.17) is 10.8 Å². The Bertz CT molecular complexity index is 358. The predicted octanol–water partition coefficient (Wildman–Crippen LogP) is 1.11. The second-order valence-corrected chi connectivity index (χ2v) is 4.80. The zero-order chi connectivity index (χ0) is 12.5. The Balaban J connectivity index is 2.21. The van der Waals surface area contributed by atoms with Gasteiger partial charge in [0.25, 0.3) is 5.91 Å². The molecule has 0 atom stereocenters. The highest BCUT2D eigenvalue weighted by Crippen LogP contribution is 2.06. The third-order valence-corrected chi connectivity index (χ3v) is 3.18. The van der Waals surface area contributed by atoms with E-state index in [1.807, 2.05) is 0 Å². The molecule has 0 aliphatic carbocycles. The highest BCUT2D eigenvalue weighted by Gasteiger charge is 2.03. The molecule has 0 unspecified atom stereocenters. The lowest BCUT2D eigenvalue weighted by atomic mass is 10.2. The van der Waals surface area contributed by atoms with Gasteiger partial charge in [-0.3, -0.25) is 4.79 Å². The summed E-state index contributed by atoms with van der Waals surface area (Å²) in [6, 6.07) is 6.92. The first-order chi connectivity index (χ1) is 8.24. The van der Waals surface area contributed by atoms with Crippen LogP contribution in [0.1, 0.15) is 16.8 Å². The number of hydrogen-bond acceptors (Lipinski definition) is 4. The maximum atomic E-state index is 11.7. The second kappa shape index (κ2) is 7.97. The fourth-order valence-corrected chi connectivity index (χ4v) is 2.01. The molecule has 94 valence electrons. The van der Waals surface area contributed by atoms with E-state index in [9.17, 15) is 4.79 Å². The van der Waals surface area contributed by atoms with Crippen LogP contribution in [-0.2, 0) is 0 Å². The number of carbonyl (C=O) groups is 1. The van der Waals surface area contributed by atoms with Crippen molar-refractivity contribution in [3.63, 3.8) is 0 Å². The molecule has 0 heterocycles. The van der Waals surface area contributed by atoms with Crippen LogP contribution in [0.3, 0.4) is 0 Å². The molecule has 4 N–H and O–H groups in total. The van der Waals surface area contributed by atoms with Gasteiger partial charge in [-0.15, -0.1) is 0 Å². The van der Waals surface area contributed by atoms with E-state index < -0.39 is 0 Å². The van der Waals surface area contributed by atoms with Gasteiger partial charge < -0.3 is 16.2 Å². The number of thioether (sulfide) groups is 1. The van der Waals surface area contributed by atoms with E-state index >= 15 is 0 Å². The number of nitrogens with two attached hydrogens (primary N) is 1. The SMILES string of the molecule is Nc1cccc(C(=O)NCCCSCCO)c1. The van der Waals surface area contributed by atoms with Crippen LogP contribution in [0.4, 0.5) is 5.69 Å². The summed E-state index contributed by atoms with van der Waals surface area (Å²) >= 11 is 1.68. The van der Waals surface area contributed by atoms with Crippen molar-refractivity contribution in [2.75, 3.05) is 30.4 Å². The smallest absolute Gasteiger partial charge is 0.251 e. The Labute approximate surface area is 106 Å². The van der Waals surface area contributed by atoms with Crippen LogP contribution in [0.5, 0.6) is 0 Å². The molecule has 0 saturated heterocycles. The lowest BCUT2D eigenvalue weighted by molar-refractivity contribution is 0.0954. The molecule has 0 bridgehead atoms. The number of nitrogens with one attached hydrogen (secondary N) is 1. The summed E-state index contributed by atoms with van der Waals surface area (Å²) in [4.78, 5) is 11.7. The summed E-state index contributed by atoms with van der Waals surface area (Å²) in [7, 11) is 0. The minimum Gasteiger partial charge on any atom is -0.399 e. The third-order valence-electron chi connectivity index (χ3n) is 2.14. The summed E-state index contributed by atoms with van der Waals surface area (Å²) in [6.45, 7) is 0.854. The predicted molar refractivity (Wildman–Crippen MR) is 72.2 cm³/mol. The van der Waals surface area contributed by atoms with Gasteiger partial charge in [0.15, 0.2) is 0 Å². The standard InChI is InChI=1S/C12H18N2O2S/c13-11-4-1-3-10(9-11)12(16)14-5-2-7-17-8-6-15/h1,3-4,9,15H,2,5-8,13H2,(H,14,16). The maximum Gasteiger partial charge on any atom is 0.251 e. The van der Waals surface area contributed by atoms with Gasteiger partial charge in [-0.1, -0.05) is 6.07 Å². The Morgan fingerprint density at radius 1 is 1.41 bits per heavy atom. The van der Waals surface area contributed by atoms with Gasteiger partial charge in [0.1, 0.15) is 0 Å². The van der Waals surface area contributed by atoms with Gasteiger partial charge in [0, 0.05) is 23.5 Å². The van der Waals surface area contributed by atoms with E-state index in [0.717, 1.165) is 17.9 Å². The summed E-state index contributed by atoms with van der Waals surface area (Å²) in [5, 5.41) is 11.4. The minimum absolute atomic E-state index is 0.0931. The van der Waals surface area contributed by atoms with E-state index in [1.54, 1.807) is 36.0 Å². The van der Waals surface area contributed by atoms with Gasteiger partial charge in [-0.25, -0.2) is 0 Å².